The van der Waals surface area contributed by atoms with E-state index in [1.807, 2.05) is 0 Å². The van der Waals surface area contributed by atoms with Crippen LogP contribution >= 0.6 is 0 Å². The first-order valence-electron chi connectivity index (χ1n) is 5.37. The summed E-state index contributed by atoms with van der Waals surface area (Å²) < 4.78 is 0. The normalized spacial score (nSPS) is 29.7. The molecular weight excluding hydrogens is 162 g/mol. The smallest absolute Gasteiger partial charge is 0.134 e. The van der Waals surface area contributed by atoms with Gasteiger partial charge in [0.1, 0.15) is 5.78 Å². The van der Waals surface area contributed by atoms with E-state index in [1.165, 1.54) is 6.42 Å². The van der Waals surface area contributed by atoms with Gasteiger partial charge >= 0.3 is 0 Å². The van der Waals surface area contributed by atoms with Crippen molar-refractivity contribution in [3.63, 3.8) is 0 Å². The summed E-state index contributed by atoms with van der Waals surface area (Å²) in [7, 11) is 2.14. The van der Waals surface area contributed by atoms with Crippen LogP contribution in [0.25, 0.3) is 0 Å². The van der Waals surface area contributed by atoms with Gasteiger partial charge in [0.25, 0.3) is 0 Å². The van der Waals surface area contributed by atoms with Gasteiger partial charge in [-0.1, -0.05) is 13.8 Å². The van der Waals surface area contributed by atoms with Crippen molar-refractivity contribution in [1.29, 1.82) is 0 Å². The van der Waals surface area contributed by atoms with Gasteiger partial charge in [-0.15, -0.1) is 0 Å². The molecule has 13 heavy (non-hydrogen) atoms. The summed E-state index contributed by atoms with van der Waals surface area (Å²) in [6.07, 6.45) is 3.83. The molecule has 0 bridgehead atoms. The molecule has 2 nitrogen and oxygen atoms in total. The maximum atomic E-state index is 11.3. The minimum atomic E-state index is 0.450. The Hall–Kier alpha value is -0.370. The highest BCUT2D eigenvalue weighted by molar-refractivity contribution is 5.79. The van der Waals surface area contributed by atoms with Crippen molar-refractivity contribution in [2.24, 2.45) is 5.92 Å². The third kappa shape index (κ3) is 2.80. The van der Waals surface area contributed by atoms with Crippen LogP contribution in [0.15, 0.2) is 0 Å². The summed E-state index contributed by atoms with van der Waals surface area (Å²) >= 11 is 0. The van der Waals surface area contributed by atoms with Crippen LogP contribution in [0.5, 0.6) is 0 Å². The van der Waals surface area contributed by atoms with Gasteiger partial charge in [0, 0.05) is 18.9 Å². The molecule has 2 heteroatoms. The lowest BCUT2D eigenvalue weighted by molar-refractivity contribution is -0.123. The largest absolute Gasteiger partial charge is 0.303 e. The SMILES string of the molecule is CCCN(C)C1CC(=O)CCC1C. The summed E-state index contributed by atoms with van der Waals surface area (Å²) in [6.45, 7) is 5.57. The highest BCUT2D eigenvalue weighted by atomic mass is 16.1. The third-order valence-corrected chi connectivity index (χ3v) is 3.11. The van der Waals surface area contributed by atoms with E-state index in [-0.39, 0.29) is 0 Å². The lowest BCUT2D eigenvalue weighted by atomic mass is 9.84. The number of hydrogen-bond donors (Lipinski definition) is 0. The fourth-order valence-electron chi connectivity index (χ4n) is 2.23. The molecule has 1 aliphatic carbocycles. The van der Waals surface area contributed by atoms with E-state index in [2.05, 4.69) is 25.8 Å². The molecule has 1 fully saturated rings. The molecule has 0 aliphatic heterocycles. The van der Waals surface area contributed by atoms with E-state index in [0.717, 1.165) is 25.8 Å². The van der Waals surface area contributed by atoms with Crippen LogP contribution in [0.3, 0.4) is 0 Å². The third-order valence-electron chi connectivity index (χ3n) is 3.11. The first kappa shape index (κ1) is 10.7. The molecule has 0 aromatic carbocycles. The summed E-state index contributed by atoms with van der Waals surface area (Å²) in [5.74, 6) is 1.14. The summed E-state index contributed by atoms with van der Waals surface area (Å²) in [5, 5.41) is 0. The van der Waals surface area contributed by atoms with Crippen LogP contribution in [0.2, 0.25) is 0 Å². The first-order chi connectivity index (χ1) is 6.15. The zero-order chi connectivity index (χ0) is 9.84. The van der Waals surface area contributed by atoms with Crippen molar-refractivity contribution in [3.8, 4) is 0 Å². The van der Waals surface area contributed by atoms with Crippen molar-refractivity contribution < 1.29 is 4.79 Å². The number of rotatable bonds is 3. The van der Waals surface area contributed by atoms with Crippen LogP contribution in [0.4, 0.5) is 0 Å². The fourth-order valence-corrected chi connectivity index (χ4v) is 2.23. The van der Waals surface area contributed by atoms with Crippen molar-refractivity contribution in [2.45, 2.75) is 45.6 Å². The molecule has 1 saturated carbocycles. The molecule has 2 unspecified atom stereocenters. The molecular formula is C11H21NO. The van der Waals surface area contributed by atoms with Gasteiger partial charge in [-0.25, -0.2) is 0 Å². The van der Waals surface area contributed by atoms with E-state index in [0.29, 0.717) is 17.7 Å². The van der Waals surface area contributed by atoms with E-state index in [9.17, 15) is 4.79 Å². The fraction of sp³-hybridized carbons (Fsp3) is 0.909. The number of ketones is 1. The molecule has 1 rings (SSSR count). The minimum absolute atomic E-state index is 0.450. The standard InChI is InChI=1S/C11H21NO/c1-4-7-12(3)11-8-10(13)6-5-9(11)2/h9,11H,4-8H2,1-3H3. The topological polar surface area (TPSA) is 20.3 Å². The maximum absolute atomic E-state index is 11.3. The number of carbonyl (C=O) groups excluding carboxylic acids is 1. The Morgan fingerprint density at radius 3 is 2.85 bits per heavy atom. The van der Waals surface area contributed by atoms with E-state index in [1.54, 1.807) is 0 Å². The van der Waals surface area contributed by atoms with E-state index >= 15 is 0 Å². The second-order valence-corrected chi connectivity index (χ2v) is 4.31. The molecule has 0 radical (unpaired) electrons. The van der Waals surface area contributed by atoms with Crippen LogP contribution < -0.4 is 0 Å². The van der Waals surface area contributed by atoms with Crippen molar-refractivity contribution in [1.82, 2.24) is 4.90 Å². The zero-order valence-corrected chi connectivity index (χ0v) is 9.05. The van der Waals surface area contributed by atoms with Gasteiger partial charge in [-0.3, -0.25) is 4.79 Å². The Labute approximate surface area is 81.3 Å². The predicted octanol–water partition coefficient (Wildman–Crippen LogP) is 2.09. The van der Waals surface area contributed by atoms with Crippen LogP contribution in [0.1, 0.15) is 39.5 Å². The lowest BCUT2D eigenvalue weighted by Gasteiger charge is -2.35. The quantitative estimate of drug-likeness (QED) is 0.667. The van der Waals surface area contributed by atoms with Crippen LogP contribution in [-0.2, 0) is 4.79 Å². The molecule has 0 N–H and O–H groups in total. The number of carbonyl (C=O) groups is 1. The highest BCUT2D eigenvalue weighted by Crippen LogP contribution is 2.25. The average molecular weight is 183 g/mol. The summed E-state index contributed by atoms with van der Waals surface area (Å²) in [5.41, 5.74) is 0. The van der Waals surface area contributed by atoms with Crippen molar-refractivity contribution in [3.05, 3.63) is 0 Å². The predicted molar refractivity (Wildman–Crippen MR) is 54.7 cm³/mol. The van der Waals surface area contributed by atoms with Gasteiger partial charge in [0.05, 0.1) is 0 Å². The Morgan fingerprint density at radius 2 is 2.23 bits per heavy atom. The molecule has 0 saturated heterocycles. The molecule has 0 aromatic heterocycles. The maximum Gasteiger partial charge on any atom is 0.134 e. The number of hydrogen-bond acceptors (Lipinski definition) is 2. The Bertz CT molecular complexity index is 179. The van der Waals surface area contributed by atoms with Gasteiger partial charge in [0.2, 0.25) is 0 Å². The second kappa shape index (κ2) is 4.75. The molecule has 0 amide bonds. The van der Waals surface area contributed by atoms with Gasteiger partial charge in [-0.05, 0) is 32.4 Å². The monoisotopic (exact) mass is 183 g/mol. The van der Waals surface area contributed by atoms with Crippen molar-refractivity contribution in [2.75, 3.05) is 13.6 Å². The summed E-state index contributed by atoms with van der Waals surface area (Å²) in [4.78, 5) is 13.6. The lowest BCUT2D eigenvalue weighted by Crippen LogP contribution is -2.41. The number of nitrogens with zero attached hydrogens (tertiary/aromatic N) is 1. The highest BCUT2D eigenvalue weighted by Gasteiger charge is 2.28. The van der Waals surface area contributed by atoms with E-state index in [4.69, 9.17) is 0 Å². The summed E-state index contributed by atoms with van der Waals surface area (Å²) in [6, 6.07) is 0.501. The Kier molecular flexibility index (Phi) is 3.91. The Balaban J connectivity index is 2.49. The minimum Gasteiger partial charge on any atom is -0.303 e. The Morgan fingerprint density at radius 1 is 1.54 bits per heavy atom. The van der Waals surface area contributed by atoms with Gasteiger partial charge in [0.15, 0.2) is 0 Å². The van der Waals surface area contributed by atoms with Crippen LogP contribution in [-0.4, -0.2) is 30.3 Å². The van der Waals surface area contributed by atoms with Crippen molar-refractivity contribution >= 4 is 5.78 Å². The first-order valence-corrected chi connectivity index (χ1v) is 5.37. The van der Waals surface area contributed by atoms with Gasteiger partial charge in [-0.2, -0.15) is 0 Å². The molecule has 1 aliphatic rings. The average Bonchev–Trinajstić information content (AvgIpc) is 2.09. The van der Waals surface area contributed by atoms with Gasteiger partial charge < -0.3 is 4.90 Å². The molecule has 0 spiro atoms. The molecule has 2 atom stereocenters. The number of Topliss-reactive ketones (excluding diaryl/α,β-unsaturated/α-hetero) is 1. The molecule has 0 aromatic rings. The molecule has 0 heterocycles. The second-order valence-electron chi connectivity index (χ2n) is 4.31. The molecule has 76 valence electrons. The zero-order valence-electron chi connectivity index (χ0n) is 9.05. The van der Waals surface area contributed by atoms with E-state index < -0.39 is 0 Å². The van der Waals surface area contributed by atoms with Crippen LogP contribution in [0, 0.1) is 5.92 Å².